The number of methoxy groups -OCH3 is 1. The number of nitrogens with zero attached hydrogens (tertiary/aromatic N) is 6. The number of hydrogen-bond acceptors (Lipinski definition) is 9. The Balaban J connectivity index is 0.995. The smallest absolute Gasteiger partial charge is 0.410 e. The van der Waals surface area contributed by atoms with Crippen molar-refractivity contribution in [1.29, 1.82) is 0 Å². The Hall–Kier alpha value is -4.89. The average molecular weight is 731 g/mol. The van der Waals surface area contributed by atoms with Crippen molar-refractivity contribution in [3.8, 4) is 6.01 Å². The molecule has 4 aliphatic heterocycles. The number of piperidine rings is 2. The number of aryl methyl sites for hydroxylation is 1. The van der Waals surface area contributed by atoms with Crippen molar-refractivity contribution < 1.29 is 33.8 Å². The van der Waals surface area contributed by atoms with Crippen LogP contribution in [0.1, 0.15) is 42.4 Å². The zero-order valence-electron chi connectivity index (χ0n) is 30.6. The van der Waals surface area contributed by atoms with Gasteiger partial charge in [0.25, 0.3) is 11.9 Å². The van der Waals surface area contributed by atoms with Gasteiger partial charge in [-0.1, -0.05) is 24.3 Å². The number of urea groups is 1. The van der Waals surface area contributed by atoms with Crippen LogP contribution in [0, 0.1) is 6.92 Å². The van der Waals surface area contributed by atoms with E-state index in [2.05, 4.69) is 20.2 Å². The lowest BCUT2D eigenvalue weighted by atomic mass is 9.99. The van der Waals surface area contributed by atoms with Crippen LogP contribution < -0.4 is 10.1 Å². The standard InChI is InChI=1S/C38H50N8O7/c1-25-21-26(22-31-34(25)41-36(39-31)52-2)23-32(35(49)44-12-8-28(9-13-44)43-19-17-42(18-20-43)24-33(47)48)53-38(51)45-14-10-29(11-15-45)46-16-7-27-5-3-4-6-30(27)40-37(46)50/h3-6,21-22,28-29,32H,7-20,23-24H2,1-2H3,(H,39,41)(H,40,50)(H,47,48)/t32-/m1/s1. The second-order valence-electron chi connectivity index (χ2n) is 14.6. The van der Waals surface area contributed by atoms with Gasteiger partial charge in [0.05, 0.1) is 24.7 Å². The maximum atomic E-state index is 14.2. The molecule has 15 heteroatoms. The number of imidazole rings is 1. The molecular weight excluding hydrogens is 680 g/mol. The molecule has 3 N–H and O–H groups in total. The first-order valence-corrected chi connectivity index (χ1v) is 18.8. The topological polar surface area (TPSA) is 164 Å². The lowest BCUT2D eigenvalue weighted by molar-refractivity contribution is -0.142. The monoisotopic (exact) mass is 730 g/mol. The molecule has 284 valence electrons. The third kappa shape index (κ3) is 8.36. The predicted octanol–water partition coefficient (Wildman–Crippen LogP) is 3.18. The molecule has 0 spiro atoms. The Kier molecular flexibility index (Phi) is 11.0. The molecule has 3 saturated heterocycles. The molecule has 1 aromatic heterocycles. The number of H-pyrrole nitrogens is 1. The number of nitrogens with one attached hydrogen (secondary N) is 2. The van der Waals surface area contributed by atoms with Crippen LogP contribution >= 0.6 is 0 Å². The van der Waals surface area contributed by atoms with Crippen molar-refractivity contribution in [3.63, 3.8) is 0 Å². The highest BCUT2D eigenvalue weighted by Crippen LogP contribution is 2.27. The number of para-hydroxylation sites is 1. The number of aromatic nitrogens is 2. The molecule has 1 atom stereocenters. The third-order valence-corrected chi connectivity index (χ3v) is 11.3. The van der Waals surface area contributed by atoms with E-state index in [9.17, 15) is 19.2 Å². The first kappa shape index (κ1) is 36.5. The molecule has 2 aromatic carbocycles. The molecule has 15 nitrogen and oxygen atoms in total. The molecule has 0 bridgehead atoms. The number of carbonyl (C=O) groups is 4. The van der Waals surface area contributed by atoms with Crippen LogP contribution in [0.2, 0.25) is 0 Å². The molecule has 7 rings (SSSR count). The Morgan fingerprint density at radius 3 is 2.34 bits per heavy atom. The molecule has 3 fully saturated rings. The van der Waals surface area contributed by atoms with Crippen LogP contribution in [0.5, 0.6) is 6.01 Å². The van der Waals surface area contributed by atoms with E-state index in [4.69, 9.17) is 14.6 Å². The number of amides is 4. The van der Waals surface area contributed by atoms with Crippen LogP contribution in [0.15, 0.2) is 36.4 Å². The molecule has 0 unspecified atom stereocenters. The summed E-state index contributed by atoms with van der Waals surface area (Å²) in [5, 5.41) is 12.2. The number of piperazine rings is 1. The van der Waals surface area contributed by atoms with Crippen LogP contribution in [-0.4, -0.2) is 154 Å². The van der Waals surface area contributed by atoms with Gasteiger partial charge in [-0.05, 0) is 67.9 Å². The number of ether oxygens (including phenoxy) is 2. The van der Waals surface area contributed by atoms with Gasteiger partial charge in [-0.3, -0.25) is 19.4 Å². The Morgan fingerprint density at radius 1 is 0.925 bits per heavy atom. The zero-order valence-corrected chi connectivity index (χ0v) is 30.6. The van der Waals surface area contributed by atoms with Crippen LogP contribution in [0.25, 0.3) is 11.0 Å². The molecule has 0 radical (unpaired) electrons. The summed E-state index contributed by atoms with van der Waals surface area (Å²) in [7, 11) is 1.55. The number of hydrogen-bond donors (Lipinski definition) is 3. The number of carboxylic acid groups (broad SMARTS) is 1. The quantitative estimate of drug-likeness (QED) is 0.298. The number of anilines is 1. The van der Waals surface area contributed by atoms with Crippen molar-refractivity contribution in [2.24, 2.45) is 0 Å². The first-order valence-electron chi connectivity index (χ1n) is 18.8. The Morgan fingerprint density at radius 2 is 1.62 bits per heavy atom. The van der Waals surface area contributed by atoms with Gasteiger partial charge in [-0.25, -0.2) is 9.59 Å². The van der Waals surface area contributed by atoms with Gasteiger partial charge in [0.15, 0.2) is 6.10 Å². The summed E-state index contributed by atoms with van der Waals surface area (Å²) in [6.45, 7) is 7.61. The molecule has 4 amide bonds. The minimum atomic E-state index is -1.02. The highest BCUT2D eigenvalue weighted by atomic mass is 16.6. The van der Waals surface area contributed by atoms with Crippen LogP contribution in [0.3, 0.4) is 0 Å². The molecule has 0 aliphatic carbocycles. The van der Waals surface area contributed by atoms with E-state index < -0.39 is 18.2 Å². The fraction of sp³-hybridized carbons (Fsp3) is 0.553. The third-order valence-electron chi connectivity index (χ3n) is 11.3. The number of likely N-dealkylation sites (tertiary alicyclic amines) is 2. The Bertz CT molecular complexity index is 1810. The number of carbonyl (C=O) groups excluding carboxylic acids is 3. The van der Waals surface area contributed by atoms with Crippen molar-refractivity contribution >= 4 is 40.7 Å². The maximum absolute atomic E-state index is 14.2. The van der Waals surface area contributed by atoms with E-state index in [1.807, 2.05) is 58.0 Å². The van der Waals surface area contributed by atoms with Gasteiger partial charge in [-0.15, -0.1) is 0 Å². The van der Waals surface area contributed by atoms with Gasteiger partial charge in [0, 0.05) is 83.1 Å². The van der Waals surface area contributed by atoms with Crippen LogP contribution in [-0.2, 0) is 27.2 Å². The molecule has 0 saturated carbocycles. The number of fused-ring (bicyclic) bond motifs is 2. The average Bonchev–Trinajstić information content (AvgIpc) is 3.51. The maximum Gasteiger partial charge on any atom is 0.410 e. The van der Waals surface area contributed by atoms with E-state index in [1.54, 1.807) is 12.0 Å². The first-order chi connectivity index (χ1) is 25.6. The minimum absolute atomic E-state index is 0.00669. The number of rotatable bonds is 9. The molecular formula is C38H50N8O7. The number of carboxylic acids is 1. The predicted molar refractivity (Wildman–Crippen MR) is 197 cm³/mol. The van der Waals surface area contributed by atoms with E-state index in [0.29, 0.717) is 76.2 Å². The summed E-state index contributed by atoms with van der Waals surface area (Å²) in [5.41, 5.74) is 5.29. The lowest BCUT2D eigenvalue weighted by Gasteiger charge is -2.43. The van der Waals surface area contributed by atoms with Gasteiger partial charge in [0.1, 0.15) is 0 Å². The highest BCUT2D eigenvalue weighted by molar-refractivity contribution is 5.91. The summed E-state index contributed by atoms with van der Waals surface area (Å²) >= 11 is 0. The Labute approximate surface area is 309 Å². The number of aliphatic carboxylic acids is 1. The molecule has 53 heavy (non-hydrogen) atoms. The largest absolute Gasteiger partial charge is 0.480 e. The minimum Gasteiger partial charge on any atom is -0.480 e. The second-order valence-corrected chi connectivity index (χ2v) is 14.6. The molecule has 3 aromatic rings. The van der Waals surface area contributed by atoms with E-state index in [1.165, 1.54) is 0 Å². The number of aromatic amines is 1. The van der Waals surface area contributed by atoms with E-state index in [-0.39, 0.29) is 30.9 Å². The van der Waals surface area contributed by atoms with Gasteiger partial charge in [0.2, 0.25) is 0 Å². The van der Waals surface area contributed by atoms with Crippen molar-refractivity contribution in [3.05, 3.63) is 53.1 Å². The summed E-state index contributed by atoms with van der Waals surface area (Å²) in [4.78, 5) is 69.7. The van der Waals surface area contributed by atoms with Gasteiger partial charge >= 0.3 is 18.1 Å². The fourth-order valence-electron chi connectivity index (χ4n) is 8.37. The normalized spacial score (nSPS) is 20.1. The van der Waals surface area contributed by atoms with E-state index in [0.717, 1.165) is 60.2 Å². The van der Waals surface area contributed by atoms with Gasteiger partial charge in [-0.2, -0.15) is 4.98 Å². The van der Waals surface area contributed by atoms with Crippen molar-refractivity contribution in [2.45, 2.75) is 63.6 Å². The van der Waals surface area contributed by atoms with Crippen molar-refractivity contribution in [1.82, 2.24) is 34.5 Å². The SMILES string of the molecule is COc1nc2cc(C[C@@H](OC(=O)N3CCC(N4CCc5ccccc5NC4=O)CC3)C(=O)N3CCC(N4CCN(CC(=O)O)CC4)CC3)cc(C)c2[nH]1. The fourth-order valence-corrected chi connectivity index (χ4v) is 8.37. The van der Waals surface area contributed by atoms with E-state index >= 15 is 0 Å². The summed E-state index contributed by atoms with van der Waals surface area (Å²) < 4.78 is 11.4. The summed E-state index contributed by atoms with van der Waals surface area (Å²) in [6.07, 6.45) is 2.24. The molecule has 5 heterocycles. The van der Waals surface area contributed by atoms with Gasteiger partial charge < -0.3 is 39.6 Å². The lowest BCUT2D eigenvalue weighted by Crippen LogP contribution is -2.55. The molecule has 4 aliphatic rings. The second kappa shape index (κ2) is 16.0. The van der Waals surface area contributed by atoms with Crippen LogP contribution in [0.4, 0.5) is 15.3 Å². The zero-order chi connectivity index (χ0) is 37.1. The number of benzene rings is 2. The van der Waals surface area contributed by atoms with Crippen molar-refractivity contribution in [2.75, 3.05) is 77.9 Å². The summed E-state index contributed by atoms with van der Waals surface area (Å²) in [5.74, 6) is -1.02. The highest BCUT2D eigenvalue weighted by Gasteiger charge is 2.37. The summed E-state index contributed by atoms with van der Waals surface area (Å²) in [6, 6.07) is 12.3.